The number of rotatable bonds is 5. The molecule has 0 aliphatic carbocycles. The lowest BCUT2D eigenvalue weighted by atomic mass is 10.0. The van der Waals surface area contributed by atoms with Gasteiger partial charge in [0.15, 0.2) is 6.10 Å². The van der Waals surface area contributed by atoms with Crippen molar-refractivity contribution >= 4 is 17.3 Å². The second kappa shape index (κ2) is 6.16. The van der Waals surface area contributed by atoms with Crippen LogP contribution in [-0.2, 0) is 4.79 Å². The lowest BCUT2D eigenvalue weighted by Crippen LogP contribution is -2.48. The molecule has 0 saturated heterocycles. The molecule has 1 aromatic rings. The van der Waals surface area contributed by atoms with Crippen LogP contribution in [0.5, 0.6) is 5.75 Å². The maximum absolute atomic E-state index is 12.6. The minimum absolute atomic E-state index is 0.0502. The highest BCUT2D eigenvalue weighted by atomic mass is 16.5. The van der Waals surface area contributed by atoms with E-state index in [1.165, 1.54) is 0 Å². The van der Waals surface area contributed by atoms with E-state index in [0.29, 0.717) is 5.69 Å². The average molecular weight is 276 g/mol. The number of amides is 1. The van der Waals surface area contributed by atoms with Crippen LogP contribution in [0, 0.1) is 5.92 Å². The summed E-state index contributed by atoms with van der Waals surface area (Å²) >= 11 is 0. The first-order valence-corrected chi connectivity index (χ1v) is 7.42. The third-order valence-electron chi connectivity index (χ3n) is 3.63. The van der Waals surface area contributed by atoms with Crippen molar-refractivity contribution in [3.63, 3.8) is 0 Å². The van der Waals surface area contributed by atoms with Crippen LogP contribution >= 0.6 is 0 Å². The van der Waals surface area contributed by atoms with Gasteiger partial charge in [0.1, 0.15) is 5.75 Å². The number of carbonyl (C=O) groups excluding carboxylic acids is 1. The van der Waals surface area contributed by atoms with Gasteiger partial charge in [0.05, 0.1) is 5.69 Å². The Morgan fingerprint density at radius 3 is 2.75 bits per heavy atom. The molecule has 1 aromatic carbocycles. The molecule has 0 bridgehead atoms. The predicted octanol–water partition coefficient (Wildman–Crippen LogP) is 3.21. The Morgan fingerprint density at radius 2 is 2.10 bits per heavy atom. The maximum atomic E-state index is 12.6. The fraction of sp³-hybridized carbons (Fsp3) is 0.562. The Balaban J connectivity index is 2.30. The molecule has 1 heterocycles. The Hall–Kier alpha value is -1.71. The van der Waals surface area contributed by atoms with Gasteiger partial charge in [-0.3, -0.25) is 4.79 Å². The molecule has 20 heavy (non-hydrogen) atoms. The van der Waals surface area contributed by atoms with Gasteiger partial charge in [0.25, 0.3) is 5.91 Å². The Kier molecular flexibility index (Phi) is 4.53. The predicted molar refractivity (Wildman–Crippen MR) is 82.0 cm³/mol. The molecule has 4 heteroatoms. The number of hydrogen-bond acceptors (Lipinski definition) is 3. The third-order valence-corrected chi connectivity index (χ3v) is 3.63. The standard InChI is InChI=1S/C16H24N2O2/c1-4-5-6-9-18-13-10-12(17)7-8-14(13)20-15(11(2)3)16(18)19/h7-8,10-11,15H,4-6,9,17H2,1-3H3. The van der Waals surface area contributed by atoms with Crippen molar-refractivity contribution in [1.82, 2.24) is 0 Å². The zero-order valence-electron chi connectivity index (χ0n) is 12.6. The molecular formula is C16H24N2O2. The summed E-state index contributed by atoms with van der Waals surface area (Å²) < 4.78 is 5.85. The summed E-state index contributed by atoms with van der Waals surface area (Å²) in [5.74, 6) is 0.963. The van der Waals surface area contributed by atoms with E-state index in [-0.39, 0.29) is 11.8 Å². The maximum Gasteiger partial charge on any atom is 0.268 e. The highest BCUT2D eigenvalue weighted by Crippen LogP contribution is 2.37. The van der Waals surface area contributed by atoms with Crippen LogP contribution in [0.15, 0.2) is 18.2 Å². The van der Waals surface area contributed by atoms with Gasteiger partial charge in [-0.1, -0.05) is 33.6 Å². The number of benzene rings is 1. The lowest BCUT2D eigenvalue weighted by molar-refractivity contribution is -0.128. The first-order valence-electron chi connectivity index (χ1n) is 7.42. The Labute approximate surface area is 120 Å². The summed E-state index contributed by atoms with van der Waals surface area (Å²) in [4.78, 5) is 14.4. The van der Waals surface area contributed by atoms with Crippen LogP contribution in [-0.4, -0.2) is 18.6 Å². The van der Waals surface area contributed by atoms with Crippen molar-refractivity contribution in [1.29, 1.82) is 0 Å². The first kappa shape index (κ1) is 14.7. The minimum atomic E-state index is -0.396. The van der Waals surface area contributed by atoms with Gasteiger partial charge >= 0.3 is 0 Å². The third kappa shape index (κ3) is 2.89. The van der Waals surface area contributed by atoms with Crippen LogP contribution in [0.3, 0.4) is 0 Å². The normalized spacial score (nSPS) is 18.1. The molecule has 1 amide bonds. The highest BCUT2D eigenvalue weighted by Gasteiger charge is 2.35. The van der Waals surface area contributed by atoms with E-state index in [1.54, 1.807) is 0 Å². The largest absolute Gasteiger partial charge is 0.478 e. The number of nitrogen functional groups attached to an aromatic ring is 1. The van der Waals surface area contributed by atoms with E-state index >= 15 is 0 Å². The van der Waals surface area contributed by atoms with Gasteiger partial charge in [-0.05, 0) is 30.5 Å². The summed E-state index contributed by atoms with van der Waals surface area (Å²) in [6.45, 7) is 6.91. The monoisotopic (exact) mass is 276 g/mol. The van der Waals surface area contributed by atoms with E-state index in [0.717, 1.165) is 37.2 Å². The molecule has 0 saturated carbocycles. The van der Waals surface area contributed by atoms with Crippen molar-refractivity contribution in [2.45, 2.75) is 46.1 Å². The molecule has 4 nitrogen and oxygen atoms in total. The average Bonchev–Trinajstić information content (AvgIpc) is 2.41. The quantitative estimate of drug-likeness (QED) is 0.663. The molecule has 0 spiro atoms. The number of ether oxygens (including phenoxy) is 1. The molecule has 0 fully saturated rings. The number of anilines is 2. The van der Waals surface area contributed by atoms with Crippen LogP contribution in [0.1, 0.15) is 40.0 Å². The molecule has 1 atom stereocenters. The van der Waals surface area contributed by atoms with E-state index < -0.39 is 6.10 Å². The van der Waals surface area contributed by atoms with Gasteiger partial charge in [-0.2, -0.15) is 0 Å². The fourth-order valence-electron chi connectivity index (χ4n) is 2.48. The number of carbonyl (C=O) groups is 1. The number of nitrogens with two attached hydrogens (primary N) is 1. The van der Waals surface area contributed by atoms with Crippen LogP contribution in [0.4, 0.5) is 11.4 Å². The summed E-state index contributed by atoms with van der Waals surface area (Å²) in [5, 5.41) is 0. The number of hydrogen-bond donors (Lipinski definition) is 1. The smallest absolute Gasteiger partial charge is 0.268 e. The molecule has 0 aromatic heterocycles. The van der Waals surface area contributed by atoms with E-state index in [9.17, 15) is 4.79 Å². The molecule has 2 rings (SSSR count). The molecule has 2 N–H and O–H groups in total. The molecular weight excluding hydrogens is 252 g/mol. The van der Waals surface area contributed by atoms with Gasteiger partial charge < -0.3 is 15.4 Å². The fourth-order valence-corrected chi connectivity index (χ4v) is 2.48. The Bertz CT molecular complexity index is 485. The SMILES string of the molecule is CCCCCN1C(=O)C(C(C)C)Oc2ccc(N)cc21. The summed E-state index contributed by atoms with van der Waals surface area (Å²) in [7, 11) is 0. The number of fused-ring (bicyclic) bond motifs is 1. The topological polar surface area (TPSA) is 55.6 Å². The van der Waals surface area contributed by atoms with Gasteiger partial charge in [0, 0.05) is 12.2 Å². The van der Waals surface area contributed by atoms with Crippen LogP contribution in [0.2, 0.25) is 0 Å². The number of unbranched alkanes of at least 4 members (excludes halogenated alkanes) is 2. The zero-order valence-corrected chi connectivity index (χ0v) is 12.6. The van der Waals surface area contributed by atoms with Crippen molar-refractivity contribution in [2.75, 3.05) is 17.2 Å². The van der Waals surface area contributed by atoms with E-state index in [4.69, 9.17) is 10.5 Å². The summed E-state index contributed by atoms with van der Waals surface area (Å²) in [6.07, 6.45) is 2.86. The van der Waals surface area contributed by atoms with Crippen molar-refractivity contribution in [3.05, 3.63) is 18.2 Å². The Morgan fingerprint density at radius 1 is 1.35 bits per heavy atom. The van der Waals surface area contributed by atoms with Crippen LogP contribution in [0.25, 0.3) is 0 Å². The van der Waals surface area contributed by atoms with Crippen molar-refractivity contribution < 1.29 is 9.53 Å². The van der Waals surface area contributed by atoms with Gasteiger partial charge in [-0.25, -0.2) is 0 Å². The lowest BCUT2D eigenvalue weighted by Gasteiger charge is -2.36. The first-order chi connectivity index (χ1) is 9.54. The van der Waals surface area contributed by atoms with Gasteiger partial charge in [0.2, 0.25) is 0 Å². The minimum Gasteiger partial charge on any atom is -0.478 e. The molecule has 110 valence electrons. The molecule has 0 radical (unpaired) electrons. The second-order valence-electron chi connectivity index (χ2n) is 5.71. The zero-order chi connectivity index (χ0) is 14.7. The van der Waals surface area contributed by atoms with E-state index in [1.807, 2.05) is 36.9 Å². The van der Waals surface area contributed by atoms with Gasteiger partial charge in [-0.15, -0.1) is 0 Å². The summed E-state index contributed by atoms with van der Waals surface area (Å²) in [5.41, 5.74) is 7.31. The van der Waals surface area contributed by atoms with E-state index in [2.05, 4.69) is 6.92 Å². The second-order valence-corrected chi connectivity index (χ2v) is 5.71. The van der Waals surface area contributed by atoms with Crippen molar-refractivity contribution in [3.8, 4) is 5.75 Å². The van der Waals surface area contributed by atoms with Crippen molar-refractivity contribution in [2.24, 2.45) is 5.92 Å². The van der Waals surface area contributed by atoms with Crippen LogP contribution < -0.4 is 15.4 Å². The molecule has 1 unspecified atom stereocenters. The molecule has 1 aliphatic heterocycles. The summed E-state index contributed by atoms with van der Waals surface area (Å²) in [6, 6.07) is 5.51. The highest BCUT2D eigenvalue weighted by molar-refractivity contribution is 6.00. The molecule has 1 aliphatic rings. The number of nitrogens with zero attached hydrogens (tertiary/aromatic N) is 1.